The van der Waals surface area contributed by atoms with E-state index in [1.54, 1.807) is 24.4 Å². The van der Waals surface area contributed by atoms with E-state index in [0.717, 1.165) is 16.9 Å². The maximum Gasteiger partial charge on any atom is 0.250 e. The van der Waals surface area contributed by atoms with Crippen LogP contribution in [0, 0.1) is 5.82 Å². The van der Waals surface area contributed by atoms with Crippen molar-refractivity contribution in [1.82, 2.24) is 4.98 Å². The number of halogens is 2. The number of thiazole rings is 1. The smallest absolute Gasteiger partial charge is 0.250 e. The molecule has 0 bridgehead atoms. The van der Waals surface area contributed by atoms with E-state index in [1.807, 2.05) is 24.3 Å². The third-order valence-corrected chi connectivity index (χ3v) is 4.56. The Hall–Kier alpha value is -2.50. The fraction of sp³-hybridized carbons (Fsp3) is 0.0526. The molecular formula is C19H14ClFN2OS. The van der Waals surface area contributed by atoms with Gasteiger partial charge >= 0.3 is 0 Å². The summed E-state index contributed by atoms with van der Waals surface area (Å²) in [5.74, 6) is -0.721. The zero-order valence-corrected chi connectivity index (χ0v) is 14.7. The summed E-state index contributed by atoms with van der Waals surface area (Å²) in [6.45, 7) is 0. The molecule has 25 heavy (non-hydrogen) atoms. The number of nitrogens with zero attached hydrogens (tertiary/aromatic N) is 1. The van der Waals surface area contributed by atoms with Crippen LogP contribution in [0.15, 0.2) is 60.8 Å². The monoisotopic (exact) mass is 372 g/mol. The summed E-state index contributed by atoms with van der Waals surface area (Å²) < 4.78 is 13.5. The Kier molecular flexibility index (Phi) is 5.58. The van der Waals surface area contributed by atoms with Crippen molar-refractivity contribution in [3.63, 3.8) is 0 Å². The average Bonchev–Trinajstić information content (AvgIpc) is 3.03. The molecule has 0 atom stereocenters. The number of hydrogen-bond acceptors (Lipinski definition) is 3. The molecule has 0 unspecified atom stereocenters. The molecule has 126 valence electrons. The number of rotatable bonds is 5. The van der Waals surface area contributed by atoms with E-state index in [4.69, 9.17) is 11.6 Å². The molecule has 1 aromatic heterocycles. The van der Waals surface area contributed by atoms with Crippen molar-refractivity contribution < 1.29 is 9.18 Å². The lowest BCUT2D eigenvalue weighted by Gasteiger charge is -1.98. The van der Waals surface area contributed by atoms with Crippen molar-refractivity contribution in [3.8, 4) is 0 Å². The van der Waals surface area contributed by atoms with Crippen LogP contribution in [0.4, 0.5) is 9.52 Å². The predicted octanol–water partition coefficient (Wildman–Crippen LogP) is 5.18. The fourth-order valence-corrected chi connectivity index (χ4v) is 3.15. The largest absolute Gasteiger partial charge is 0.298 e. The number of amides is 1. The molecule has 0 aliphatic heterocycles. The van der Waals surface area contributed by atoms with Gasteiger partial charge in [0.15, 0.2) is 5.13 Å². The number of nitrogens with one attached hydrogen (secondary N) is 1. The minimum absolute atomic E-state index is 0.351. The summed E-state index contributed by atoms with van der Waals surface area (Å²) in [4.78, 5) is 17.2. The van der Waals surface area contributed by atoms with Crippen LogP contribution in [0.1, 0.15) is 16.0 Å². The van der Waals surface area contributed by atoms with Gasteiger partial charge in [0.1, 0.15) is 5.82 Å². The van der Waals surface area contributed by atoms with Gasteiger partial charge in [0.05, 0.1) is 0 Å². The van der Waals surface area contributed by atoms with Crippen molar-refractivity contribution >= 4 is 40.1 Å². The van der Waals surface area contributed by atoms with Crippen LogP contribution in [0.5, 0.6) is 0 Å². The Morgan fingerprint density at radius 2 is 1.96 bits per heavy atom. The van der Waals surface area contributed by atoms with Gasteiger partial charge in [0, 0.05) is 34.2 Å². The molecule has 0 saturated heterocycles. The molecule has 3 nitrogen and oxygen atoms in total. The van der Waals surface area contributed by atoms with Crippen LogP contribution >= 0.6 is 22.9 Å². The molecular weight excluding hydrogens is 359 g/mol. The summed E-state index contributed by atoms with van der Waals surface area (Å²) in [5.41, 5.74) is 1.48. The third kappa shape index (κ3) is 4.98. The second kappa shape index (κ2) is 8.05. The molecule has 1 amide bonds. The van der Waals surface area contributed by atoms with Gasteiger partial charge in [-0.3, -0.25) is 10.1 Å². The van der Waals surface area contributed by atoms with Crippen LogP contribution in [0.25, 0.3) is 6.08 Å². The normalized spacial score (nSPS) is 11.0. The first kappa shape index (κ1) is 17.3. The molecule has 3 aromatic rings. The summed E-state index contributed by atoms with van der Waals surface area (Å²) in [6, 6.07) is 13.9. The lowest BCUT2D eigenvalue weighted by atomic mass is 10.1. The van der Waals surface area contributed by atoms with Gasteiger partial charge in [-0.2, -0.15) is 0 Å². The molecule has 0 spiro atoms. The average molecular weight is 373 g/mol. The first-order valence-electron chi connectivity index (χ1n) is 7.53. The lowest BCUT2D eigenvalue weighted by molar-refractivity contribution is -0.111. The SMILES string of the molecule is O=C(/C=C/c1ccccc1F)Nc1ncc(Cc2ccc(Cl)cc2)s1. The maximum absolute atomic E-state index is 13.5. The number of benzene rings is 2. The molecule has 0 aliphatic rings. The predicted molar refractivity (Wildman–Crippen MR) is 100 cm³/mol. The van der Waals surface area contributed by atoms with Gasteiger partial charge in [-0.25, -0.2) is 9.37 Å². The first-order chi connectivity index (χ1) is 12.1. The highest BCUT2D eigenvalue weighted by Crippen LogP contribution is 2.22. The highest BCUT2D eigenvalue weighted by molar-refractivity contribution is 7.15. The zero-order chi connectivity index (χ0) is 17.6. The maximum atomic E-state index is 13.5. The van der Waals surface area contributed by atoms with E-state index < -0.39 is 0 Å². The summed E-state index contributed by atoms with van der Waals surface area (Å²) in [6.07, 6.45) is 5.18. The Morgan fingerprint density at radius 3 is 2.72 bits per heavy atom. The molecule has 0 saturated carbocycles. The van der Waals surface area contributed by atoms with Gasteiger partial charge < -0.3 is 0 Å². The van der Waals surface area contributed by atoms with Crippen molar-refractivity contribution in [2.45, 2.75) is 6.42 Å². The van der Waals surface area contributed by atoms with Crippen molar-refractivity contribution in [2.75, 3.05) is 5.32 Å². The first-order valence-corrected chi connectivity index (χ1v) is 8.72. The molecule has 1 heterocycles. The van der Waals surface area contributed by atoms with Crippen LogP contribution in [0.3, 0.4) is 0 Å². The molecule has 0 aliphatic carbocycles. The van der Waals surface area contributed by atoms with Crippen molar-refractivity contribution in [1.29, 1.82) is 0 Å². The summed E-state index contributed by atoms with van der Waals surface area (Å²) >= 11 is 7.27. The number of carbonyl (C=O) groups excluding carboxylic acids is 1. The van der Waals surface area contributed by atoms with Gasteiger partial charge in [0.25, 0.3) is 0 Å². The topological polar surface area (TPSA) is 42.0 Å². The Labute approximate surface area is 153 Å². The van der Waals surface area contributed by atoms with E-state index in [0.29, 0.717) is 15.7 Å². The van der Waals surface area contributed by atoms with Crippen LogP contribution < -0.4 is 5.32 Å². The van der Waals surface area contributed by atoms with Gasteiger partial charge in [-0.15, -0.1) is 11.3 Å². The third-order valence-electron chi connectivity index (χ3n) is 3.39. The fourth-order valence-electron chi connectivity index (χ4n) is 2.17. The molecule has 1 N–H and O–H groups in total. The van der Waals surface area contributed by atoms with E-state index in [2.05, 4.69) is 10.3 Å². The lowest BCUT2D eigenvalue weighted by Crippen LogP contribution is -2.07. The molecule has 3 rings (SSSR count). The van der Waals surface area contributed by atoms with E-state index in [-0.39, 0.29) is 11.7 Å². The zero-order valence-electron chi connectivity index (χ0n) is 13.1. The van der Waals surface area contributed by atoms with Crippen LogP contribution in [-0.4, -0.2) is 10.9 Å². The summed E-state index contributed by atoms with van der Waals surface area (Å²) in [7, 11) is 0. The van der Waals surface area contributed by atoms with E-state index in [9.17, 15) is 9.18 Å². The highest BCUT2D eigenvalue weighted by Gasteiger charge is 2.06. The van der Waals surface area contributed by atoms with E-state index >= 15 is 0 Å². The number of anilines is 1. The van der Waals surface area contributed by atoms with Gasteiger partial charge in [-0.1, -0.05) is 41.9 Å². The molecule has 0 fully saturated rings. The summed E-state index contributed by atoms with van der Waals surface area (Å²) in [5, 5.41) is 3.89. The second-order valence-electron chi connectivity index (χ2n) is 5.28. The molecule has 0 radical (unpaired) electrons. The highest BCUT2D eigenvalue weighted by atomic mass is 35.5. The van der Waals surface area contributed by atoms with E-state index in [1.165, 1.54) is 29.6 Å². The van der Waals surface area contributed by atoms with Gasteiger partial charge in [-0.05, 0) is 29.8 Å². The van der Waals surface area contributed by atoms with Crippen molar-refractivity contribution in [2.24, 2.45) is 0 Å². The Bertz CT molecular complexity index is 906. The minimum atomic E-state index is -0.369. The second-order valence-corrected chi connectivity index (χ2v) is 6.83. The van der Waals surface area contributed by atoms with Crippen molar-refractivity contribution in [3.05, 3.63) is 87.6 Å². The molecule has 6 heteroatoms. The number of carbonyl (C=O) groups is 1. The molecule has 2 aromatic carbocycles. The number of hydrogen-bond donors (Lipinski definition) is 1. The Balaban J connectivity index is 1.60. The van der Waals surface area contributed by atoms with Crippen LogP contribution in [-0.2, 0) is 11.2 Å². The van der Waals surface area contributed by atoms with Crippen LogP contribution in [0.2, 0.25) is 5.02 Å². The number of aromatic nitrogens is 1. The quantitative estimate of drug-likeness (QED) is 0.627. The standard InChI is InChI=1S/C19H14ClFN2OS/c20-15-8-5-13(6-9-15)11-16-12-22-19(25-16)23-18(24)10-7-14-3-1-2-4-17(14)21/h1-10,12H,11H2,(H,22,23,24)/b10-7+. The van der Waals surface area contributed by atoms with Gasteiger partial charge in [0.2, 0.25) is 5.91 Å². The Morgan fingerprint density at radius 1 is 1.20 bits per heavy atom. The minimum Gasteiger partial charge on any atom is -0.298 e.